The van der Waals surface area contributed by atoms with E-state index in [9.17, 15) is 4.79 Å². The molecule has 5 heteroatoms. The highest BCUT2D eigenvalue weighted by Gasteiger charge is 2.19. The average molecular weight is 275 g/mol. The largest absolute Gasteiger partial charge is 0.469 e. The number of Topliss-reactive ketones (excluding diaryl/α,β-unsaturated/α-hetero) is 1. The molecule has 0 N–H and O–H groups in total. The Hall–Kier alpha value is -1.88. The number of carbonyl (C=O) groups excluding carboxylic acids is 1. The molecule has 1 saturated heterocycles. The molecular formula is C15H17NO4. The van der Waals surface area contributed by atoms with Gasteiger partial charge >= 0.3 is 0 Å². The van der Waals surface area contributed by atoms with Crippen molar-refractivity contribution in [3.05, 3.63) is 41.7 Å². The maximum absolute atomic E-state index is 12.0. The van der Waals surface area contributed by atoms with E-state index in [1.807, 2.05) is 12.1 Å². The van der Waals surface area contributed by atoms with Crippen molar-refractivity contribution in [1.82, 2.24) is 5.16 Å². The lowest BCUT2D eigenvalue weighted by Gasteiger charge is -2.04. The second-order valence-corrected chi connectivity index (χ2v) is 5.13. The van der Waals surface area contributed by atoms with Crippen LogP contribution in [0.1, 0.15) is 41.3 Å². The van der Waals surface area contributed by atoms with E-state index in [2.05, 4.69) is 5.16 Å². The summed E-state index contributed by atoms with van der Waals surface area (Å²) in [6, 6.07) is 5.39. The number of hydrogen-bond acceptors (Lipinski definition) is 5. The van der Waals surface area contributed by atoms with Crippen LogP contribution in [0.5, 0.6) is 0 Å². The summed E-state index contributed by atoms with van der Waals surface area (Å²) in [5.41, 5.74) is 0.408. The van der Waals surface area contributed by atoms with Gasteiger partial charge in [-0.2, -0.15) is 0 Å². The number of aromatic nitrogens is 1. The van der Waals surface area contributed by atoms with Gasteiger partial charge in [0.2, 0.25) is 0 Å². The molecule has 1 aliphatic rings. The van der Waals surface area contributed by atoms with Gasteiger partial charge in [-0.25, -0.2) is 0 Å². The Kier molecular flexibility index (Phi) is 3.97. The van der Waals surface area contributed by atoms with Crippen LogP contribution in [0, 0.1) is 5.92 Å². The fraction of sp³-hybridized carbons (Fsp3) is 0.467. The van der Waals surface area contributed by atoms with Crippen molar-refractivity contribution in [3.8, 4) is 0 Å². The molecule has 0 aromatic carbocycles. The Morgan fingerprint density at radius 2 is 2.35 bits per heavy atom. The molecule has 1 atom stereocenters. The predicted molar refractivity (Wildman–Crippen MR) is 70.5 cm³/mol. The third-order valence-electron chi connectivity index (χ3n) is 3.58. The van der Waals surface area contributed by atoms with E-state index in [1.165, 1.54) is 0 Å². The van der Waals surface area contributed by atoms with E-state index in [4.69, 9.17) is 13.7 Å². The first-order valence-electron chi connectivity index (χ1n) is 6.90. The van der Waals surface area contributed by atoms with Crippen molar-refractivity contribution >= 4 is 5.78 Å². The van der Waals surface area contributed by atoms with Crippen molar-refractivity contribution in [1.29, 1.82) is 0 Å². The molecular weight excluding hydrogens is 258 g/mol. The number of ketones is 1. The van der Waals surface area contributed by atoms with Crippen LogP contribution in [0.15, 0.2) is 33.4 Å². The summed E-state index contributed by atoms with van der Waals surface area (Å²) in [6.45, 7) is 1.59. The Bertz CT molecular complexity index is 552. The number of furan rings is 1. The molecule has 3 heterocycles. The van der Waals surface area contributed by atoms with Gasteiger partial charge in [0, 0.05) is 25.7 Å². The minimum atomic E-state index is 0.0337. The van der Waals surface area contributed by atoms with E-state index >= 15 is 0 Å². The summed E-state index contributed by atoms with van der Waals surface area (Å²) in [5, 5.41) is 3.84. The van der Waals surface area contributed by atoms with Crippen molar-refractivity contribution < 1.29 is 18.5 Å². The summed E-state index contributed by atoms with van der Waals surface area (Å²) in [5.74, 6) is 1.98. The highest BCUT2D eigenvalue weighted by molar-refractivity contribution is 5.94. The maximum Gasteiger partial charge on any atom is 0.184 e. The number of carbonyl (C=O) groups is 1. The highest BCUT2D eigenvalue weighted by atomic mass is 16.5. The Labute approximate surface area is 116 Å². The molecule has 106 valence electrons. The van der Waals surface area contributed by atoms with Gasteiger partial charge in [-0.05, 0) is 30.9 Å². The van der Waals surface area contributed by atoms with Crippen LogP contribution in [0.4, 0.5) is 0 Å². The van der Waals surface area contributed by atoms with Crippen LogP contribution < -0.4 is 0 Å². The lowest BCUT2D eigenvalue weighted by Crippen LogP contribution is -2.05. The zero-order valence-electron chi connectivity index (χ0n) is 11.2. The molecule has 1 unspecified atom stereocenters. The summed E-state index contributed by atoms with van der Waals surface area (Å²) >= 11 is 0. The number of nitrogens with zero attached hydrogens (tertiary/aromatic N) is 1. The molecule has 1 fully saturated rings. The smallest absolute Gasteiger partial charge is 0.184 e. The quantitative estimate of drug-likeness (QED) is 0.758. The lowest BCUT2D eigenvalue weighted by molar-refractivity contribution is 0.0962. The van der Waals surface area contributed by atoms with Crippen molar-refractivity contribution in [3.63, 3.8) is 0 Å². The Morgan fingerprint density at radius 3 is 3.10 bits per heavy atom. The fourth-order valence-electron chi connectivity index (χ4n) is 2.39. The normalized spacial score (nSPS) is 18.5. The highest BCUT2D eigenvalue weighted by Crippen LogP contribution is 2.20. The minimum Gasteiger partial charge on any atom is -0.469 e. The van der Waals surface area contributed by atoms with E-state index in [1.54, 1.807) is 12.3 Å². The van der Waals surface area contributed by atoms with Gasteiger partial charge < -0.3 is 13.7 Å². The van der Waals surface area contributed by atoms with Gasteiger partial charge in [-0.1, -0.05) is 5.16 Å². The molecule has 0 bridgehead atoms. The first-order chi connectivity index (χ1) is 9.81. The first kappa shape index (κ1) is 13.1. The maximum atomic E-state index is 12.0. The SMILES string of the molecule is O=C(CCC1CCOC1)c1cc(Cc2ccco2)on1. The summed E-state index contributed by atoms with van der Waals surface area (Å²) in [4.78, 5) is 12.0. The molecule has 20 heavy (non-hydrogen) atoms. The number of rotatable bonds is 6. The van der Waals surface area contributed by atoms with Crippen LogP contribution in [-0.2, 0) is 11.2 Å². The molecule has 0 amide bonds. The summed E-state index contributed by atoms with van der Waals surface area (Å²) < 4.78 is 15.7. The van der Waals surface area contributed by atoms with Gasteiger partial charge in [0.05, 0.1) is 12.7 Å². The Balaban J connectivity index is 1.54. The van der Waals surface area contributed by atoms with E-state index < -0.39 is 0 Å². The third-order valence-corrected chi connectivity index (χ3v) is 3.58. The van der Waals surface area contributed by atoms with Gasteiger partial charge in [0.1, 0.15) is 17.2 Å². The number of ether oxygens (including phenoxy) is 1. The second-order valence-electron chi connectivity index (χ2n) is 5.13. The van der Waals surface area contributed by atoms with Crippen LogP contribution in [0.2, 0.25) is 0 Å². The standard InChI is InChI=1S/C15H17NO4/c17-15(4-3-11-5-7-18-10-11)14-9-13(20-16-14)8-12-2-1-6-19-12/h1-2,6,9,11H,3-5,7-8,10H2. The second kappa shape index (κ2) is 6.05. The zero-order chi connectivity index (χ0) is 13.8. The van der Waals surface area contributed by atoms with Crippen LogP contribution >= 0.6 is 0 Å². The Morgan fingerprint density at radius 1 is 1.40 bits per heavy atom. The van der Waals surface area contributed by atoms with E-state index in [0.717, 1.165) is 31.8 Å². The summed E-state index contributed by atoms with van der Waals surface area (Å²) in [6.07, 6.45) is 4.54. The van der Waals surface area contributed by atoms with Crippen molar-refractivity contribution in [2.45, 2.75) is 25.7 Å². The zero-order valence-corrected chi connectivity index (χ0v) is 11.2. The van der Waals surface area contributed by atoms with Gasteiger partial charge in [-0.15, -0.1) is 0 Å². The molecule has 5 nitrogen and oxygen atoms in total. The minimum absolute atomic E-state index is 0.0337. The molecule has 3 rings (SSSR count). The van der Waals surface area contributed by atoms with Crippen LogP contribution in [0.3, 0.4) is 0 Å². The topological polar surface area (TPSA) is 65.5 Å². The number of hydrogen-bond donors (Lipinski definition) is 0. The predicted octanol–water partition coefficient (Wildman–Crippen LogP) is 2.86. The molecule has 2 aromatic rings. The molecule has 1 aliphatic heterocycles. The van der Waals surface area contributed by atoms with Crippen molar-refractivity contribution in [2.24, 2.45) is 5.92 Å². The van der Waals surface area contributed by atoms with Gasteiger partial charge in [0.25, 0.3) is 0 Å². The van der Waals surface area contributed by atoms with Gasteiger partial charge in [-0.3, -0.25) is 4.79 Å². The third kappa shape index (κ3) is 3.17. The monoisotopic (exact) mass is 275 g/mol. The first-order valence-corrected chi connectivity index (χ1v) is 6.90. The average Bonchev–Trinajstić information content (AvgIpc) is 3.19. The molecule has 0 aliphatic carbocycles. The van der Waals surface area contributed by atoms with Crippen LogP contribution in [0.25, 0.3) is 0 Å². The van der Waals surface area contributed by atoms with E-state index in [0.29, 0.717) is 30.2 Å². The summed E-state index contributed by atoms with van der Waals surface area (Å²) in [7, 11) is 0. The molecule has 2 aromatic heterocycles. The molecule has 0 saturated carbocycles. The molecule has 0 spiro atoms. The van der Waals surface area contributed by atoms with E-state index in [-0.39, 0.29) is 5.78 Å². The fourth-order valence-corrected chi connectivity index (χ4v) is 2.39. The van der Waals surface area contributed by atoms with Crippen molar-refractivity contribution in [2.75, 3.05) is 13.2 Å². The lowest BCUT2D eigenvalue weighted by atomic mass is 10.00. The van der Waals surface area contributed by atoms with Crippen LogP contribution in [-0.4, -0.2) is 24.2 Å². The van der Waals surface area contributed by atoms with Gasteiger partial charge in [0.15, 0.2) is 5.78 Å². The molecule has 0 radical (unpaired) electrons.